The van der Waals surface area contributed by atoms with Crippen molar-refractivity contribution in [3.63, 3.8) is 0 Å². The van der Waals surface area contributed by atoms with Crippen molar-refractivity contribution in [3.8, 4) is 11.3 Å². The molecular weight excluding hydrogens is 788 g/mol. The normalized spacial score (nSPS) is 11.1. The summed E-state index contributed by atoms with van der Waals surface area (Å²) in [5, 5.41) is 8.38. The third-order valence-electron chi connectivity index (χ3n) is 7.10. The van der Waals surface area contributed by atoms with E-state index in [4.69, 9.17) is 10.6 Å². The molecule has 0 fully saturated rings. The number of esters is 2. The van der Waals surface area contributed by atoms with Gasteiger partial charge in [-0.3, -0.25) is 30.3 Å². The average molecular weight is 834 g/mol. The van der Waals surface area contributed by atoms with Crippen molar-refractivity contribution in [1.29, 1.82) is 0 Å². The van der Waals surface area contributed by atoms with Crippen molar-refractivity contribution < 1.29 is 69.3 Å². The van der Waals surface area contributed by atoms with Gasteiger partial charge in [-0.05, 0) is 30.3 Å². The average Bonchev–Trinajstić information content (AvgIpc) is 3.62. The van der Waals surface area contributed by atoms with Crippen LogP contribution in [-0.2, 0) is 47.4 Å². The van der Waals surface area contributed by atoms with Crippen LogP contribution in [0.15, 0.2) is 48.8 Å². The van der Waals surface area contributed by atoms with Crippen molar-refractivity contribution in [2.45, 2.75) is 32.7 Å². The number of amides is 2. The molecule has 16 nitrogen and oxygen atoms in total. The highest BCUT2D eigenvalue weighted by atomic mass is 19.4. The molecule has 3 aromatic rings. The minimum Gasteiger partial charge on any atom is -0.465 e. The largest absolute Gasteiger partial charge is 0.465 e. The van der Waals surface area contributed by atoms with Gasteiger partial charge in [-0.15, -0.1) is 0 Å². The second-order valence-corrected chi connectivity index (χ2v) is 11.8. The number of ether oxygens (including phenoxy) is 4. The molecule has 0 aliphatic rings. The minimum absolute atomic E-state index is 0.152. The standard InChI is InChI=1S/C17H18F3N3O4.C16H17F3N2O4.C3H10N2O/c1-10(24)22-14-9-13(17(18,19)20)11(8-12(14)16(25)27-3)15-4-5-21-23(15)6-7-26-2;1-9(22)20-13-8-12(16(17,18)19)10(7-11(13)15(24)25-4)14(23)5-6-21(2)3;1-6-3-2-5-4/h4-5,8-9H,6-7H2,1-3H3,(H,22,24);5-8H,1-4H3,(H,20,22);5H,2-4H2,1H3/b;6-5+;. The molecule has 0 unspecified atom stereocenters. The number of hydrazine groups is 1. The van der Waals surface area contributed by atoms with Gasteiger partial charge in [0.25, 0.3) is 0 Å². The molecule has 0 saturated heterocycles. The molecule has 0 radical (unpaired) electrons. The predicted octanol–water partition coefficient (Wildman–Crippen LogP) is 4.76. The number of hydrogen-bond acceptors (Lipinski definition) is 13. The van der Waals surface area contributed by atoms with Crippen molar-refractivity contribution in [1.82, 2.24) is 20.1 Å². The molecule has 1 aromatic heterocycles. The topological polar surface area (TPSA) is 205 Å². The molecule has 3 rings (SSSR count). The number of hydrogen-bond donors (Lipinski definition) is 4. The molecule has 0 spiro atoms. The number of aromatic nitrogens is 2. The number of allylic oxidation sites excluding steroid dienone is 1. The van der Waals surface area contributed by atoms with E-state index in [-0.39, 0.29) is 46.9 Å². The summed E-state index contributed by atoms with van der Waals surface area (Å²) in [7, 11) is 8.41. The molecule has 2 aromatic carbocycles. The summed E-state index contributed by atoms with van der Waals surface area (Å²) < 4.78 is 101. The van der Waals surface area contributed by atoms with Crippen LogP contribution in [0.25, 0.3) is 11.3 Å². The molecule has 1 heterocycles. The third-order valence-corrected chi connectivity index (χ3v) is 7.10. The van der Waals surface area contributed by atoms with Crippen LogP contribution in [0.4, 0.5) is 37.7 Å². The fourth-order valence-corrected chi connectivity index (χ4v) is 4.61. The maximum absolute atomic E-state index is 13.7. The lowest BCUT2D eigenvalue weighted by Gasteiger charge is -2.18. The molecule has 2 amide bonds. The lowest BCUT2D eigenvalue weighted by molar-refractivity contribution is -0.138. The van der Waals surface area contributed by atoms with Gasteiger partial charge in [0, 0.05) is 78.3 Å². The molecular formula is C36H45F6N7O9. The molecule has 0 aliphatic heterocycles. The quantitative estimate of drug-likeness (QED) is 0.0329. The number of nitrogens with one attached hydrogen (secondary N) is 3. The summed E-state index contributed by atoms with van der Waals surface area (Å²) in [6, 6.07) is 4.48. The van der Waals surface area contributed by atoms with Crippen molar-refractivity contribution in [2.24, 2.45) is 5.84 Å². The van der Waals surface area contributed by atoms with Gasteiger partial charge in [0.05, 0.1) is 73.3 Å². The first-order valence-corrected chi connectivity index (χ1v) is 16.6. The number of methoxy groups -OCH3 is 4. The molecule has 5 N–H and O–H groups in total. The Hall–Kier alpha value is -5.84. The first-order valence-electron chi connectivity index (χ1n) is 16.6. The molecule has 0 bridgehead atoms. The van der Waals surface area contributed by atoms with Gasteiger partial charge in [-0.25, -0.2) is 9.59 Å². The third kappa shape index (κ3) is 15.6. The van der Waals surface area contributed by atoms with E-state index >= 15 is 0 Å². The number of halogens is 6. The number of ketones is 1. The summed E-state index contributed by atoms with van der Waals surface area (Å²) in [4.78, 5) is 60.1. The SMILES string of the molecule is COC(=O)c1cc(C(=O)/C=C/N(C)C)c(C(F)(F)F)cc1NC(C)=O.COCCNN.COCCn1nccc1-c1cc(C(=O)OC)c(NC(C)=O)cc1C(F)(F)F. The zero-order valence-electron chi connectivity index (χ0n) is 32.8. The summed E-state index contributed by atoms with van der Waals surface area (Å²) in [6.45, 7) is 4.06. The van der Waals surface area contributed by atoms with Crippen LogP contribution in [0.1, 0.15) is 56.0 Å². The molecule has 58 heavy (non-hydrogen) atoms. The molecule has 0 atom stereocenters. The second-order valence-electron chi connectivity index (χ2n) is 11.8. The van der Waals surface area contributed by atoms with Gasteiger partial charge >= 0.3 is 24.3 Å². The number of nitrogens with zero attached hydrogens (tertiary/aromatic N) is 3. The fraction of sp³-hybridized carbons (Fsp3) is 0.389. The summed E-state index contributed by atoms with van der Waals surface area (Å²) in [5.41, 5.74) is -1.89. The van der Waals surface area contributed by atoms with Crippen LogP contribution in [0.3, 0.4) is 0 Å². The minimum atomic E-state index is -4.86. The van der Waals surface area contributed by atoms with Crippen LogP contribution in [0, 0.1) is 0 Å². The predicted molar refractivity (Wildman–Crippen MR) is 198 cm³/mol. The Morgan fingerprint density at radius 1 is 0.776 bits per heavy atom. The Morgan fingerprint density at radius 3 is 1.69 bits per heavy atom. The van der Waals surface area contributed by atoms with E-state index in [1.54, 1.807) is 21.2 Å². The van der Waals surface area contributed by atoms with Crippen molar-refractivity contribution >= 4 is 40.9 Å². The highest BCUT2D eigenvalue weighted by Crippen LogP contribution is 2.40. The first kappa shape index (κ1) is 50.2. The van der Waals surface area contributed by atoms with Crippen LogP contribution >= 0.6 is 0 Å². The van der Waals surface area contributed by atoms with Crippen molar-refractivity contribution in [2.75, 3.05) is 72.9 Å². The lowest BCUT2D eigenvalue weighted by atomic mass is 9.97. The van der Waals surface area contributed by atoms with Gasteiger partial charge in [0.15, 0.2) is 5.78 Å². The summed E-state index contributed by atoms with van der Waals surface area (Å²) in [5.74, 6) is 0.784. The van der Waals surface area contributed by atoms with E-state index in [0.717, 1.165) is 58.9 Å². The van der Waals surface area contributed by atoms with Gasteiger partial charge in [0.2, 0.25) is 11.8 Å². The van der Waals surface area contributed by atoms with E-state index in [2.05, 4.69) is 35.4 Å². The summed E-state index contributed by atoms with van der Waals surface area (Å²) in [6.07, 6.45) is -6.01. The van der Waals surface area contributed by atoms with E-state index in [1.165, 1.54) is 35.2 Å². The van der Waals surface area contributed by atoms with E-state index in [9.17, 15) is 50.3 Å². The van der Waals surface area contributed by atoms with Gasteiger partial charge in [0.1, 0.15) is 0 Å². The first-order chi connectivity index (χ1) is 27.1. The van der Waals surface area contributed by atoms with Crippen LogP contribution in [-0.4, -0.2) is 107 Å². The lowest BCUT2D eigenvalue weighted by Crippen LogP contribution is -2.25. The van der Waals surface area contributed by atoms with Crippen LogP contribution in [0.5, 0.6) is 0 Å². The van der Waals surface area contributed by atoms with Gasteiger partial charge in [-0.1, -0.05) is 0 Å². The zero-order valence-corrected chi connectivity index (χ0v) is 32.8. The van der Waals surface area contributed by atoms with Gasteiger partial charge < -0.3 is 34.5 Å². The Labute approximate surface area is 329 Å². The molecule has 0 saturated carbocycles. The summed E-state index contributed by atoms with van der Waals surface area (Å²) >= 11 is 0. The number of nitrogens with two attached hydrogens (primary N) is 1. The van der Waals surface area contributed by atoms with E-state index < -0.39 is 58.6 Å². The van der Waals surface area contributed by atoms with E-state index in [0.29, 0.717) is 12.7 Å². The Morgan fingerprint density at radius 2 is 1.28 bits per heavy atom. The molecule has 320 valence electrons. The monoisotopic (exact) mass is 833 g/mol. The number of carbonyl (C=O) groups excluding carboxylic acids is 5. The number of carbonyl (C=O) groups is 5. The smallest absolute Gasteiger partial charge is 0.417 e. The highest BCUT2D eigenvalue weighted by Gasteiger charge is 2.38. The second kappa shape index (κ2) is 23.4. The Balaban J connectivity index is 0.000000510. The maximum atomic E-state index is 13.7. The number of rotatable bonds is 14. The maximum Gasteiger partial charge on any atom is 0.417 e. The zero-order chi connectivity index (χ0) is 44.4. The van der Waals surface area contributed by atoms with E-state index in [1.807, 2.05) is 0 Å². The molecule has 0 aliphatic carbocycles. The Kier molecular flexibility index (Phi) is 20.2. The van der Waals surface area contributed by atoms with Gasteiger partial charge in [-0.2, -0.15) is 31.4 Å². The van der Waals surface area contributed by atoms with Crippen molar-refractivity contribution in [3.05, 3.63) is 76.6 Å². The number of alkyl halides is 6. The molecule has 22 heteroatoms. The van der Waals surface area contributed by atoms with Crippen LogP contribution < -0.4 is 21.9 Å². The number of benzene rings is 2. The Bertz CT molecular complexity index is 1910. The number of anilines is 2. The highest BCUT2D eigenvalue weighted by molar-refractivity contribution is 6.09. The van der Waals surface area contributed by atoms with Crippen LogP contribution in [0.2, 0.25) is 0 Å². The fourth-order valence-electron chi connectivity index (χ4n) is 4.61.